The van der Waals surface area contributed by atoms with Crippen LogP contribution in [0.4, 0.5) is 5.82 Å². The van der Waals surface area contributed by atoms with Crippen LogP contribution in [0.25, 0.3) is 11.0 Å². The first-order valence-electron chi connectivity index (χ1n) is 10.1. The lowest BCUT2D eigenvalue weighted by molar-refractivity contribution is 0.402. The fourth-order valence-corrected chi connectivity index (χ4v) is 5.49. The molecule has 1 N–H and O–H groups in total. The van der Waals surface area contributed by atoms with Gasteiger partial charge in [0.05, 0.1) is 20.3 Å². The number of hydrogen-bond acceptors (Lipinski definition) is 7. The second-order valence-electron chi connectivity index (χ2n) is 7.68. The summed E-state index contributed by atoms with van der Waals surface area (Å²) in [6.45, 7) is 1.86. The molecule has 166 valence electrons. The molecule has 0 aliphatic heterocycles. The van der Waals surface area contributed by atoms with Gasteiger partial charge in [-0.15, -0.1) is 0 Å². The van der Waals surface area contributed by atoms with E-state index in [2.05, 4.69) is 15.0 Å². The minimum Gasteiger partial charge on any atom is -0.496 e. The van der Waals surface area contributed by atoms with Crippen molar-refractivity contribution >= 4 is 26.8 Å². The Morgan fingerprint density at radius 1 is 1.22 bits per heavy atom. The third-order valence-electron chi connectivity index (χ3n) is 5.77. The van der Waals surface area contributed by atoms with Gasteiger partial charge in [0.2, 0.25) is 0 Å². The van der Waals surface area contributed by atoms with E-state index in [1.54, 1.807) is 25.4 Å². The number of ether oxygens (including phenoxy) is 2. The fourth-order valence-electron chi connectivity index (χ4n) is 4.34. The SMILES string of the molecule is COc1cc(C)ccc1S(=O)(=O)Nc1noc2cc3c(c(OC)c12)CCC3n1cccn1. The van der Waals surface area contributed by atoms with Gasteiger partial charge in [0.1, 0.15) is 21.8 Å². The Labute approximate surface area is 185 Å². The number of fused-ring (bicyclic) bond motifs is 2. The maximum atomic E-state index is 13.1. The first-order chi connectivity index (χ1) is 15.4. The van der Waals surface area contributed by atoms with E-state index in [0.717, 1.165) is 29.5 Å². The molecule has 5 rings (SSSR count). The van der Waals surface area contributed by atoms with Crippen molar-refractivity contribution in [1.82, 2.24) is 14.9 Å². The second kappa shape index (κ2) is 7.56. The zero-order chi connectivity index (χ0) is 22.5. The summed E-state index contributed by atoms with van der Waals surface area (Å²) in [5.74, 6) is 0.881. The molecule has 0 saturated heterocycles. The van der Waals surface area contributed by atoms with Crippen LogP contribution in [-0.4, -0.2) is 37.6 Å². The quantitative estimate of drug-likeness (QED) is 0.473. The number of benzene rings is 2. The van der Waals surface area contributed by atoms with Crippen LogP contribution in [0.1, 0.15) is 29.2 Å². The zero-order valence-corrected chi connectivity index (χ0v) is 18.6. The van der Waals surface area contributed by atoms with Gasteiger partial charge in [-0.1, -0.05) is 11.2 Å². The number of nitrogens with zero attached hydrogens (tertiary/aromatic N) is 3. The zero-order valence-electron chi connectivity index (χ0n) is 17.8. The van der Waals surface area contributed by atoms with Crippen LogP contribution in [0.3, 0.4) is 0 Å². The maximum absolute atomic E-state index is 13.1. The molecule has 0 saturated carbocycles. The lowest BCUT2D eigenvalue weighted by Gasteiger charge is -2.14. The van der Waals surface area contributed by atoms with Crippen LogP contribution in [-0.2, 0) is 16.4 Å². The number of aromatic nitrogens is 3. The minimum atomic E-state index is -3.99. The average Bonchev–Trinajstić information content (AvgIpc) is 3.52. The van der Waals surface area contributed by atoms with Crippen LogP contribution >= 0.6 is 0 Å². The van der Waals surface area contributed by atoms with Gasteiger partial charge >= 0.3 is 0 Å². The summed E-state index contributed by atoms with van der Waals surface area (Å²) in [6, 6.07) is 8.71. The Hall–Kier alpha value is -3.53. The molecule has 10 heteroatoms. The van der Waals surface area contributed by atoms with Crippen molar-refractivity contribution < 1.29 is 22.4 Å². The van der Waals surface area contributed by atoms with E-state index in [-0.39, 0.29) is 22.5 Å². The van der Waals surface area contributed by atoms with E-state index in [1.165, 1.54) is 13.2 Å². The van der Waals surface area contributed by atoms with E-state index < -0.39 is 10.0 Å². The number of hydrogen-bond donors (Lipinski definition) is 1. The number of aryl methyl sites for hydroxylation is 1. The van der Waals surface area contributed by atoms with Crippen molar-refractivity contribution in [1.29, 1.82) is 0 Å². The van der Waals surface area contributed by atoms with E-state index >= 15 is 0 Å². The largest absolute Gasteiger partial charge is 0.496 e. The van der Waals surface area contributed by atoms with Crippen molar-refractivity contribution in [3.05, 3.63) is 59.4 Å². The van der Waals surface area contributed by atoms with Gasteiger partial charge in [-0.25, -0.2) is 8.42 Å². The van der Waals surface area contributed by atoms with Crippen LogP contribution in [0, 0.1) is 6.92 Å². The summed E-state index contributed by atoms with van der Waals surface area (Å²) in [7, 11) is -0.994. The molecule has 1 aliphatic rings. The maximum Gasteiger partial charge on any atom is 0.266 e. The van der Waals surface area contributed by atoms with E-state index in [0.29, 0.717) is 16.7 Å². The molecular weight excluding hydrogens is 432 g/mol. The lowest BCUT2D eigenvalue weighted by Crippen LogP contribution is -2.14. The Bertz CT molecular complexity index is 1410. The van der Waals surface area contributed by atoms with Gasteiger partial charge in [0.15, 0.2) is 11.4 Å². The predicted molar refractivity (Wildman–Crippen MR) is 118 cm³/mol. The smallest absolute Gasteiger partial charge is 0.266 e. The third-order valence-corrected chi connectivity index (χ3v) is 7.15. The summed E-state index contributed by atoms with van der Waals surface area (Å²) in [6.07, 6.45) is 5.29. The minimum absolute atomic E-state index is 0.0145. The molecule has 4 aromatic rings. The molecule has 0 spiro atoms. The predicted octanol–water partition coefficient (Wildman–Crippen LogP) is 3.69. The fraction of sp³-hybridized carbons (Fsp3) is 0.273. The summed E-state index contributed by atoms with van der Waals surface area (Å²) in [5.41, 5.74) is 3.35. The monoisotopic (exact) mass is 454 g/mol. The number of rotatable bonds is 6. The first kappa shape index (κ1) is 20.4. The first-order valence-corrected chi connectivity index (χ1v) is 11.6. The average molecular weight is 455 g/mol. The molecule has 0 bridgehead atoms. The number of anilines is 1. The van der Waals surface area contributed by atoms with Gasteiger partial charge in [-0.05, 0) is 55.2 Å². The van der Waals surface area contributed by atoms with E-state index in [1.807, 2.05) is 29.9 Å². The van der Waals surface area contributed by atoms with Crippen LogP contribution in [0.5, 0.6) is 11.5 Å². The Balaban J connectivity index is 1.60. The van der Waals surface area contributed by atoms with Crippen molar-refractivity contribution in [2.75, 3.05) is 18.9 Å². The van der Waals surface area contributed by atoms with Gasteiger partial charge in [-0.3, -0.25) is 9.40 Å². The summed E-state index contributed by atoms with van der Waals surface area (Å²) in [5, 5.41) is 8.86. The lowest BCUT2D eigenvalue weighted by atomic mass is 10.0. The molecule has 32 heavy (non-hydrogen) atoms. The number of sulfonamides is 1. The van der Waals surface area contributed by atoms with Crippen LogP contribution < -0.4 is 14.2 Å². The van der Waals surface area contributed by atoms with Crippen molar-refractivity contribution in [2.24, 2.45) is 0 Å². The molecule has 1 atom stereocenters. The number of methoxy groups -OCH3 is 2. The highest BCUT2D eigenvalue weighted by Crippen LogP contribution is 2.45. The van der Waals surface area contributed by atoms with Crippen LogP contribution in [0.15, 0.2) is 52.1 Å². The highest BCUT2D eigenvalue weighted by atomic mass is 32.2. The van der Waals surface area contributed by atoms with Crippen LogP contribution in [0.2, 0.25) is 0 Å². The molecule has 2 aromatic heterocycles. The van der Waals surface area contributed by atoms with E-state index in [4.69, 9.17) is 14.0 Å². The van der Waals surface area contributed by atoms with Gasteiger partial charge in [-0.2, -0.15) is 5.10 Å². The molecular formula is C22H22N4O5S. The molecule has 2 heterocycles. The Morgan fingerprint density at radius 3 is 2.78 bits per heavy atom. The molecule has 2 aromatic carbocycles. The Kier molecular flexibility index (Phi) is 4.81. The highest BCUT2D eigenvalue weighted by molar-refractivity contribution is 7.92. The molecule has 1 aliphatic carbocycles. The normalized spacial score (nSPS) is 15.7. The second-order valence-corrected chi connectivity index (χ2v) is 9.33. The molecule has 0 fully saturated rings. The van der Waals surface area contributed by atoms with Crippen molar-refractivity contribution in [3.8, 4) is 11.5 Å². The number of nitrogens with one attached hydrogen (secondary N) is 1. The third kappa shape index (κ3) is 3.18. The Morgan fingerprint density at radius 2 is 2.06 bits per heavy atom. The molecule has 0 amide bonds. The van der Waals surface area contributed by atoms with Gasteiger partial charge in [0.25, 0.3) is 10.0 Å². The van der Waals surface area contributed by atoms with Crippen molar-refractivity contribution in [2.45, 2.75) is 30.7 Å². The summed E-state index contributed by atoms with van der Waals surface area (Å²) in [4.78, 5) is 0.0145. The highest BCUT2D eigenvalue weighted by Gasteiger charge is 2.32. The van der Waals surface area contributed by atoms with Gasteiger partial charge in [0, 0.05) is 18.0 Å². The molecule has 9 nitrogen and oxygen atoms in total. The summed E-state index contributed by atoms with van der Waals surface area (Å²) < 4.78 is 47.3. The standard InChI is InChI=1S/C22H22N4O5S/c1-13-5-8-19(17(11-13)29-2)32(27,28)25-22-20-18(31-24-22)12-15-14(21(20)30-3)6-7-16(15)26-10-4-9-23-26/h4-5,8-12,16H,6-7H2,1-3H3,(H,24,25). The molecule has 0 radical (unpaired) electrons. The van der Waals surface area contributed by atoms with E-state index in [9.17, 15) is 8.42 Å². The van der Waals surface area contributed by atoms with Crippen molar-refractivity contribution in [3.63, 3.8) is 0 Å². The summed E-state index contributed by atoms with van der Waals surface area (Å²) >= 11 is 0. The van der Waals surface area contributed by atoms with Gasteiger partial charge < -0.3 is 14.0 Å². The molecule has 1 unspecified atom stereocenters. The topological polar surface area (TPSA) is 108 Å².